The minimum atomic E-state index is -0.941. The Balaban J connectivity index is 1.52. The molecule has 0 unspecified atom stereocenters. The number of nitrogens with zero attached hydrogens (tertiary/aromatic N) is 2. The van der Waals surface area contributed by atoms with Crippen molar-refractivity contribution in [2.75, 3.05) is 13.1 Å². The number of carbonyl (C=O) groups is 2. The highest BCUT2D eigenvalue weighted by molar-refractivity contribution is 5.99. The number of aromatic nitrogens is 1. The summed E-state index contributed by atoms with van der Waals surface area (Å²) < 4.78 is 28.6. The Kier molecular flexibility index (Phi) is 4.39. The van der Waals surface area contributed by atoms with Crippen LogP contribution in [-0.4, -0.2) is 39.5 Å². The van der Waals surface area contributed by atoms with Gasteiger partial charge >= 0.3 is 0 Å². The van der Waals surface area contributed by atoms with E-state index in [4.69, 9.17) is 0 Å². The van der Waals surface area contributed by atoms with Gasteiger partial charge in [0.2, 0.25) is 5.43 Å². The van der Waals surface area contributed by atoms with Crippen LogP contribution in [0.5, 0.6) is 5.75 Å². The fourth-order valence-corrected chi connectivity index (χ4v) is 5.21. The maximum Gasteiger partial charge on any atom is 0.274 e. The number of fused-ring (bicyclic) bond motifs is 2. The molecule has 3 aliphatic rings. The SMILES string of the molecule is O=C(NCc1ccc(F)cc1F)c1cn2c(c(O)c1=O)C(=O)N1CCC[C@@H]3CC[C@]32C1. The molecule has 2 aliphatic heterocycles. The van der Waals surface area contributed by atoms with Crippen LogP contribution in [0, 0.1) is 17.6 Å². The van der Waals surface area contributed by atoms with E-state index in [0.717, 1.165) is 31.7 Å². The maximum atomic E-state index is 13.9. The highest BCUT2D eigenvalue weighted by Crippen LogP contribution is 2.52. The van der Waals surface area contributed by atoms with Crippen molar-refractivity contribution >= 4 is 11.8 Å². The van der Waals surface area contributed by atoms with Gasteiger partial charge in [-0.3, -0.25) is 14.4 Å². The number of pyridine rings is 1. The molecule has 0 radical (unpaired) electrons. The van der Waals surface area contributed by atoms with Gasteiger partial charge in [-0.2, -0.15) is 0 Å². The number of hydrogen-bond acceptors (Lipinski definition) is 4. The highest BCUT2D eigenvalue weighted by Gasteiger charge is 2.55. The van der Waals surface area contributed by atoms with Gasteiger partial charge in [0.25, 0.3) is 11.8 Å². The molecule has 1 saturated carbocycles. The van der Waals surface area contributed by atoms with Crippen molar-refractivity contribution in [2.24, 2.45) is 5.92 Å². The Hall–Kier alpha value is -3.23. The monoisotopic (exact) mass is 429 g/mol. The van der Waals surface area contributed by atoms with Gasteiger partial charge in [0.15, 0.2) is 11.4 Å². The molecule has 9 heteroatoms. The van der Waals surface area contributed by atoms with E-state index in [9.17, 15) is 28.3 Å². The summed E-state index contributed by atoms with van der Waals surface area (Å²) >= 11 is 0. The van der Waals surface area contributed by atoms with Crippen LogP contribution in [0.2, 0.25) is 0 Å². The van der Waals surface area contributed by atoms with E-state index in [1.807, 2.05) is 0 Å². The second-order valence-electron chi connectivity index (χ2n) is 8.57. The fourth-order valence-electron chi connectivity index (χ4n) is 5.21. The molecule has 1 aromatic carbocycles. The summed E-state index contributed by atoms with van der Waals surface area (Å²) in [5, 5.41) is 13.1. The molecule has 1 aliphatic carbocycles. The standard InChI is InChI=1S/C22H21F2N3O4/c23-14-4-3-12(16(24)8-14)9-25-20(30)15-10-27-17(19(29)18(15)28)21(31)26-7-1-2-13-5-6-22(13,27)11-26/h3-4,8,10,13,29H,1-2,5-7,9,11H2,(H,25,30)/t13-,22+/m1/s1. The van der Waals surface area contributed by atoms with Gasteiger partial charge in [0.05, 0.1) is 5.54 Å². The average molecular weight is 429 g/mol. The lowest BCUT2D eigenvalue weighted by molar-refractivity contribution is 0.000393. The normalized spacial score (nSPS) is 24.0. The quantitative estimate of drug-likeness (QED) is 0.782. The topological polar surface area (TPSA) is 91.6 Å². The Bertz CT molecular complexity index is 1180. The molecule has 3 heterocycles. The van der Waals surface area contributed by atoms with E-state index in [1.54, 1.807) is 9.47 Å². The van der Waals surface area contributed by atoms with Crippen LogP contribution in [0.1, 0.15) is 52.1 Å². The van der Waals surface area contributed by atoms with E-state index in [1.165, 1.54) is 12.3 Å². The zero-order valence-corrected chi connectivity index (χ0v) is 16.7. The first kappa shape index (κ1) is 19.7. The number of hydrogen-bond donors (Lipinski definition) is 2. The molecular formula is C22H21F2N3O4. The predicted octanol–water partition coefficient (Wildman–Crippen LogP) is 2.12. The van der Waals surface area contributed by atoms with E-state index in [-0.39, 0.29) is 23.4 Å². The van der Waals surface area contributed by atoms with Crippen LogP contribution in [0.4, 0.5) is 8.78 Å². The largest absolute Gasteiger partial charge is 0.503 e. The van der Waals surface area contributed by atoms with Crippen molar-refractivity contribution in [3.63, 3.8) is 0 Å². The van der Waals surface area contributed by atoms with Crippen molar-refractivity contribution in [2.45, 2.75) is 37.8 Å². The molecule has 2 bridgehead atoms. The maximum absolute atomic E-state index is 13.9. The van der Waals surface area contributed by atoms with Gasteiger partial charge in [0.1, 0.15) is 17.2 Å². The Morgan fingerprint density at radius 3 is 2.77 bits per heavy atom. The number of rotatable bonds is 3. The summed E-state index contributed by atoms with van der Waals surface area (Å²) in [5.41, 5.74) is -1.69. The van der Waals surface area contributed by atoms with Crippen LogP contribution in [0.3, 0.4) is 0 Å². The third kappa shape index (κ3) is 2.86. The van der Waals surface area contributed by atoms with Gasteiger partial charge in [-0.05, 0) is 37.7 Å². The summed E-state index contributed by atoms with van der Waals surface area (Å²) in [7, 11) is 0. The van der Waals surface area contributed by atoms with Crippen LogP contribution >= 0.6 is 0 Å². The number of benzene rings is 1. The minimum absolute atomic E-state index is 0.0595. The summed E-state index contributed by atoms with van der Waals surface area (Å²) in [4.78, 5) is 40.1. The Morgan fingerprint density at radius 2 is 2.06 bits per heavy atom. The number of carbonyl (C=O) groups excluding carboxylic acids is 2. The van der Waals surface area contributed by atoms with Crippen LogP contribution in [-0.2, 0) is 12.1 Å². The molecule has 2 N–H and O–H groups in total. The highest BCUT2D eigenvalue weighted by atomic mass is 19.1. The van der Waals surface area contributed by atoms with Gasteiger partial charge in [-0.25, -0.2) is 8.78 Å². The van der Waals surface area contributed by atoms with Crippen molar-refractivity contribution in [3.8, 4) is 5.75 Å². The molecule has 7 nitrogen and oxygen atoms in total. The summed E-state index contributed by atoms with van der Waals surface area (Å²) in [5.74, 6) is -3.19. The lowest BCUT2D eigenvalue weighted by Crippen LogP contribution is -2.61. The molecule has 2 atom stereocenters. The van der Waals surface area contributed by atoms with Gasteiger partial charge < -0.3 is 19.9 Å². The molecule has 31 heavy (non-hydrogen) atoms. The first-order chi connectivity index (χ1) is 14.8. The van der Waals surface area contributed by atoms with E-state index in [2.05, 4.69) is 5.32 Å². The third-order valence-corrected chi connectivity index (χ3v) is 6.98. The summed E-state index contributed by atoms with van der Waals surface area (Å²) in [6.07, 6.45) is 4.93. The van der Waals surface area contributed by atoms with E-state index < -0.39 is 40.2 Å². The lowest BCUT2D eigenvalue weighted by Gasteiger charge is -2.54. The van der Waals surface area contributed by atoms with Gasteiger partial charge in [-0.1, -0.05) is 6.07 Å². The van der Waals surface area contributed by atoms with Crippen molar-refractivity contribution in [1.29, 1.82) is 0 Å². The summed E-state index contributed by atoms with van der Waals surface area (Å²) in [6, 6.07) is 2.99. The number of halogens is 2. The smallest absolute Gasteiger partial charge is 0.274 e. The van der Waals surface area contributed by atoms with Crippen LogP contribution in [0.15, 0.2) is 29.2 Å². The van der Waals surface area contributed by atoms with Crippen molar-refractivity contribution in [1.82, 2.24) is 14.8 Å². The van der Waals surface area contributed by atoms with Gasteiger partial charge in [-0.15, -0.1) is 0 Å². The molecule has 2 amide bonds. The van der Waals surface area contributed by atoms with E-state index in [0.29, 0.717) is 25.1 Å². The predicted molar refractivity (Wildman–Crippen MR) is 106 cm³/mol. The molecule has 2 aromatic rings. The second kappa shape index (κ2) is 6.90. The zero-order chi connectivity index (χ0) is 21.9. The lowest BCUT2D eigenvalue weighted by atomic mass is 9.64. The third-order valence-electron chi connectivity index (χ3n) is 6.98. The molecule has 162 valence electrons. The summed E-state index contributed by atoms with van der Waals surface area (Å²) in [6.45, 7) is 0.817. The minimum Gasteiger partial charge on any atom is -0.503 e. The molecule has 5 rings (SSSR count). The van der Waals surface area contributed by atoms with Crippen LogP contribution < -0.4 is 10.7 Å². The molecule has 2 fully saturated rings. The molecule has 1 spiro atoms. The molecule has 1 saturated heterocycles. The second-order valence-corrected chi connectivity index (χ2v) is 8.57. The van der Waals surface area contributed by atoms with Crippen molar-refractivity contribution in [3.05, 3.63) is 63.1 Å². The van der Waals surface area contributed by atoms with Crippen LogP contribution in [0.25, 0.3) is 0 Å². The molecular weight excluding hydrogens is 408 g/mol. The van der Waals surface area contributed by atoms with Crippen molar-refractivity contribution < 1.29 is 23.5 Å². The van der Waals surface area contributed by atoms with E-state index >= 15 is 0 Å². The first-order valence-corrected chi connectivity index (χ1v) is 10.3. The number of nitrogens with one attached hydrogen (secondary N) is 1. The van der Waals surface area contributed by atoms with Gasteiger partial charge in [0, 0.05) is 37.5 Å². The zero-order valence-electron chi connectivity index (χ0n) is 16.7. The fraction of sp³-hybridized carbons (Fsp3) is 0.409. The Labute approximate surface area is 176 Å². The Morgan fingerprint density at radius 1 is 1.26 bits per heavy atom. The average Bonchev–Trinajstić information content (AvgIpc) is 2.83. The first-order valence-electron chi connectivity index (χ1n) is 10.3. The number of amides is 2. The molecule has 1 aromatic heterocycles. The number of aromatic hydroxyl groups is 1.